The molecule has 1 aliphatic rings. The van der Waals surface area contributed by atoms with Gasteiger partial charge in [0.05, 0.1) is 5.60 Å². The summed E-state index contributed by atoms with van der Waals surface area (Å²) in [6, 6.07) is 3.29. The van der Waals surface area contributed by atoms with Gasteiger partial charge in [-0.15, -0.1) is 0 Å². The van der Waals surface area contributed by atoms with Crippen LogP contribution in [-0.2, 0) is 5.60 Å². The molecule has 0 radical (unpaired) electrons. The van der Waals surface area contributed by atoms with Crippen molar-refractivity contribution >= 4 is 0 Å². The maximum atomic E-state index is 13.5. The van der Waals surface area contributed by atoms with Crippen molar-refractivity contribution in [3.05, 3.63) is 35.4 Å². The molecule has 0 saturated carbocycles. The Balaban J connectivity index is 2.33. The number of nitrogens with two attached hydrogens (primary N) is 1. The number of nitrogens with one attached hydrogen (secondary N) is 1. The average molecular weight is 284 g/mol. The van der Waals surface area contributed by atoms with E-state index in [9.17, 15) is 13.9 Å². The van der Waals surface area contributed by atoms with Crippen molar-refractivity contribution in [2.24, 2.45) is 11.7 Å². The van der Waals surface area contributed by atoms with E-state index in [1.807, 2.05) is 0 Å². The zero-order valence-corrected chi connectivity index (χ0v) is 11.5. The summed E-state index contributed by atoms with van der Waals surface area (Å²) in [6.45, 7) is 2.01. The summed E-state index contributed by atoms with van der Waals surface area (Å²) in [4.78, 5) is 0. The molecule has 2 atom stereocenters. The molecule has 1 heterocycles. The molecule has 1 aromatic carbocycles. The molecule has 112 valence electrons. The molecular weight excluding hydrogens is 262 g/mol. The molecule has 1 saturated heterocycles. The molecular formula is C15H22F2N2O. The second-order valence-electron chi connectivity index (χ2n) is 5.52. The molecule has 20 heavy (non-hydrogen) atoms. The third kappa shape index (κ3) is 3.34. The zero-order valence-electron chi connectivity index (χ0n) is 11.5. The van der Waals surface area contributed by atoms with Gasteiger partial charge in [-0.1, -0.05) is 0 Å². The lowest BCUT2D eigenvalue weighted by Gasteiger charge is -2.39. The highest BCUT2D eigenvalue weighted by atomic mass is 19.1. The molecule has 1 aromatic rings. The Morgan fingerprint density at radius 1 is 1.30 bits per heavy atom. The molecule has 0 aromatic heterocycles. The Morgan fingerprint density at radius 2 is 2.00 bits per heavy atom. The van der Waals surface area contributed by atoms with E-state index < -0.39 is 17.2 Å². The second-order valence-corrected chi connectivity index (χ2v) is 5.52. The van der Waals surface area contributed by atoms with Crippen molar-refractivity contribution in [3.63, 3.8) is 0 Å². The molecule has 0 unspecified atom stereocenters. The van der Waals surface area contributed by atoms with E-state index in [1.165, 1.54) is 12.1 Å². The summed E-state index contributed by atoms with van der Waals surface area (Å²) < 4.78 is 26.9. The summed E-state index contributed by atoms with van der Waals surface area (Å²) in [5, 5.41) is 14.3. The molecule has 2 rings (SSSR count). The van der Waals surface area contributed by atoms with E-state index in [1.54, 1.807) is 0 Å². The lowest BCUT2D eigenvalue weighted by Crippen LogP contribution is -2.44. The lowest BCUT2D eigenvalue weighted by molar-refractivity contribution is -0.0421. The fourth-order valence-electron chi connectivity index (χ4n) is 3.02. The van der Waals surface area contributed by atoms with Crippen LogP contribution in [0.1, 0.15) is 31.2 Å². The highest BCUT2D eigenvalue weighted by Gasteiger charge is 2.38. The highest BCUT2D eigenvalue weighted by molar-refractivity contribution is 5.25. The van der Waals surface area contributed by atoms with Crippen LogP contribution in [0.25, 0.3) is 0 Å². The third-order valence-electron chi connectivity index (χ3n) is 4.10. The number of piperidine rings is 1. The molecule has 0 aliphatic carbocycles. The van der Waals surface area contributed by atoms with Gasteiger partial charge in [0.1, 0.15) is 11.6 Å². The Bertz CT molecular complexity index is 429. The van der Waals surface area contributed by atoms with Crippen molar-refractivity contribution in [3.8, 4) is 0 Å². The van der Waals surface area contributed by atoms with Gasteiger partial charge in [0, 0.05) is 18.5 Å². The minimum Gasteiger partial charge on any atom is -0.385 e. The molecule has 0 bridgehead atoms. The van der Waals surface area contributed by atoms with Crippen molar-refractivity contribution < 1.29 is 13.9 Å². The number of hydrogen-bond acceptors (Lipinski definition) is 3. The summed E-state index contributed by atoms with van der Waals surface area (Å²) >= 11 is 0. The van der Waals surface area contributed by atoms with Gasteiger partial charge in [0.2, 0.25) is 0 Å². The van der Waals surface area contributed by atoms with E-state index >= 15 is 0 Å². The Hall–Kier alpha value is -1.04. The summed E-state index contributed by atoms with van der Waals surface area (Å²) in [6.07, 6.45) is 2.82. The minimum atomic E-state index is -1.23. The van der Waals surface area contributed by atoms with Gasteiger partial charge in [-0.25, -0.2) is 8.78 Å². The first-order chi connectivity index (χ1) is 9.56. The van der Waals surface area contributed by atoms with E-state index in [0.717, 1.165) is 25.5 Å². The normalized spacial score (nSPS) is 22.5. The molecule has 1 aliphatic heterocycles. The zero-order chi connectivity index (χ0) is 14.6. The van der Waals surface area contributed by atoms with Gasteiger partial charge in [0.15, 0.2) is 0 Å². The van der Waals surface area contributed by atoms with Gasteiger partial charge >= 0.3 is 0 Å². The van der Waals surface area contributed by atoms with Crippen LogP contribution in [0.15, 0.2) is 18.2 Å². The van der Waals surface area contributed by atoms with E-state index in [4.69, 9.17) is 5.73 Å². The summed E-state index contributed by atoms with van der Waals surface area (Å²) in [7, 11) is 0. The van der Waals surface area contributed by atoms with E-state index in [2.05, 4.69) is 5.32 Å². The highest BCUT2D eigenvalue weighted by Crippen LogP contribution is 2.38. The van der Waals surface area contributed by atoms with Crippen LogP contribution < -0.4 is 11.1 Å². The van der Waals surface area contributed by atoms with Gasteiger partial charge < -0.3 is 16.2 Å². The van der Waals surface area contributed by atoms with Crippen LogP contribution in [0.2, 0.25) is 0 Å². The topological polar surface area (TPSA) is 58.3 Å². The third-order valence-corrected chi connectivity index (χ3v) is 4.10. The molecule has 0 amide bonds. The maximum Gasteiger partial charge on any atom is 0.126 e. The minimum absolute atomic E-state index is 0.0519. The van der Waals surface area contributed by atoms with Gasteiger partial charge in [-0.2, -0.15) is 0 Å². The van der Waals surface area contributed by atoms with Crippen LogP contribution in [0.4, 0.5) is 8.78 Å². The number of rotatable bonds is 5. The summed E-state index contributed by atoms with van der Waals surface area (Å²) in [5.74, 6) is -1.37. The van der Waals surface area contributed by atoms with Crippen LogP contribution >= 0.6 is 0 Å². The first-order valence-electron chi connectivity index (χ1n) is 7.16. The average Bonchev–Trinajstić information content (AvgIpc) is 2.44. The van der Waals surface area contributed by atoms with E-state index in [-0.39, 0.29) is 5.92 Å². The van der Waals surface area contributed by atoms with Crippen LogP contribution in [0.3, 0.4) is 0 Å². The molecule has 3 nitrogen and oxygen atoms in total. The number of benzene rings is 1. The first-order valence-corrected chi connectivity index (χ1v) is 7.16. The van der Waals surface area contributed by atoms with Gasteiger partial charge in [0.25, 0.3) is 0 Å². The molecule has 5 heteroatoms. The fourth-order valence-corrected chi connectivity index (χ4v) is 3.02. The Kier molecular flexibility index (Phi) is 5.07. The molecule has 1 fully saturated rings. The lowest BCUT2D eigenvalue weighted by atomic mass is 9.74. The predicted molar refractivity (Wildman–Crippen MR) is 74.1 cm³/mol. The first kappa shape index (κ1) is 15.4. The summed E-state index contributed by atoms with van der Waals surface area (Å²) in [5.41, 5.74) is 4.62. The smallest absolute Gasteiger partial charge is 0.126 e. The van der Waals surface area contributed by atoms with Crippen molar-refractivity contribution in [2.45, 2.75) is 31.3 Å². The van der Waals surface area contributed by atoms with Crippen molar-refractivity contribution in [1.29, 1.82) is 0 Å². The van der Waals surface area contributed by atoms with Crippen molar-refractivity contribution in [2.75, 3.05) is 19.6 Å². The van der Waals surface area contributed by atoms with E-state index in [0.29, 0.717) is 31.5 Å². The quantitative estimate of drug-likeness (QED) is 0.774. The van der Waals surface area contributed by atoms with Crippen LogP contribution in [0, 0.1) is 17.6 Å². The SMILES string of the molecule is NCCC[C@@](O)(c1cc(F)cc(F)c1)[C@@H]1CCCNC1. The fraction of sp³-hybridized carbons (Fsp3) is 0.600. The second kappa shape index (κ2) is 6.61. The Labute approximate surface area is 118 Å². The predicted octanol–water partition coefficient (Wildman–Crippen LogP) is 1.89. The number of hydrogen-bond donors (Lipinski definition) is 3. The molecule has 4 N–H and O–H groups in total. The Morgan fingerprint density at radius 3 is 2.55 bits per heavy atom. The number of halogens is 2. The van der Waals surface area contributed by atoms with Crippen LogP contribution in [-0.4, -0.2) is 24.7 Å². The standard InChI is InChI=1S/C15H22F2N2O/c16-13-7-12(8-14(17)9-13)15(20,4-2-5-18)11-3-1-6-19-10-11/h7-9,11,19-20H,1-6,10,18H2/t11-,15+/m1/s1. The van der Waals surface area contributed by atoms with Gasteiger partial charge in [-0.05, 0) is 56.5 Å². The monoisotopic (exact) mass is 284 g/mol. The largest absolute Gasteiger partial charge is 0.385 e. The molecule has 0 spiro atoms. The van der Waals surface area contributed by atoms with Crippen LogP contribution in [0.5, 0.6) is 0 Å². The maximum absolute atomic E-state index is 13.5. The van der Waals surface area contributed by atoms with Gasteiger partial charge in [-0.3, -0.25) is 0 Å². The van der Waals surface area contributed by atoms with Crippen molar-refractivity contribution in [1.82, 2.24) is 5.32 Å². The number of aliphatic hydroxyl groups is 1.